The molecule has 1 saturated carbocycles. The number of nitrogens with zero attached hydrogens (tertiary/aromatic N) is 1. The quantitative estimate of drug-likeness (QED) is 0.808. The van der Waals surface area contributed by atoms with E-state index >= 15 is 0 Å². The molecule has 0 saturated heterocycles. The zero-order valence-corrected chi connectivity index (χ0v) is 13.7. The Morgan fingerprint density at radius 1 is 1.08 bits per heavy atom. The summed E-state index contributed by atoms with van der Waals surface area (Å²) in [5.74, 6) is 1.07. The van der Waals surface area contributed by atoms with Crippen molar-refractivity contribution in [3.8, 4) is 0 Å². The van der Waals surface area contributed by atoms with E-state index in [1.165, 1.54) is 5.56 Å². The normalized spacial score (nSPS) is 20.3. The van der Waals surface area contributed by atoms with Crippen molar-refractivity contribution in [3.63, 3.8) is 0 Å². The highest BCUT2D eigenvalue weighted by atomic mass is 16.2. The fourth-order valence-corrected chi connectivity index (χ4v) is 3.31. The molecule has 5 nitrogen and oxygen atoms in total. The Bertz CT molecular complexity index is 666. The molecule has 0 unspecified atom stereocenters. The number of rotatable bonds is 4. The molecule has 1 aromatic carbocycles. The van der Waals surface area contributed by atoms with Gasteiger partial charge in [0.05, 0.1) is 0 Å². The largest absolute Gasteiger partial charge is 0.383 e. The van der Waals surface area contributed by atoms with Crippen LogP contribution >= 0.6 is 0 Å². The summed E-state index contributed by atoms with van der Waals surface area (Å²) in [5.41, 5.74) is 8.02. The number of pyridine rings is 1. The van der Waals surface area contributed by atoms with Crippen molar-refractivity contribution in [1.29, 1.82) is 0 Å². The first kappa shape index (κ1) is 16.3. The third-order valence-electron chi connectivity index (χ3n) is 4.70. The third-order valence-corrected chi connectivity index (χ3v) is 4.70. The average molecular weight is 324 g/mol. The number of nitrogens with one attached hydrogen (secondary N) is 2. The number of anilines is 1. The number of hydrogen-bond acceptors (Lipinski definition) is 3. The van der Waals surface area contributed by atoms with Gasteiger partial charge >= 0.3 is 6.03 Å². The van der Waals surface area contributed by atoms with Gasteiger partial charge in [-0.1, -0.05) is 36.4 Å². The molecule has 1 aliphatic rings. The minimum absolute atomic E-state index is 0.138. The number of nitrogens with two attached hydrogens (primary N) is 1. The van der Waals surface area contributed by atoms with Crippen LogP contribution in [-0.4, -0.2) is 17.1 Å². The van der Waals surface area contributed by atoms with E-state index in [0.717, 1.165) is 31.2 Å². The number of aromatic nitrogens is 1. The van der Waals surface area contributed by atoms with Crippen LogP contribution in [0.15, 0.2) is 48.7 Å². The van der Waals surface area contributed by atoms with Crippen LogP contribution in [0.3, 0.4) is 0 Å². The molecule has 4 N–H and O–H groups in total. The lowest BCUT2D eigenvalue weighted by Crippen LogP contribution is -2.43. The van der Waals surface area contributed by atoms with E-state index < -0.39 is 0 Å². The molecule has 2 aromatic rings. The Balaban J connectivity index is 1.43. The van der Waals surface area contributed by atoms with Gasteiger partial charge in [-0.3, -0.25) is 0 Å². The Morgan fingerprint density at radius 3 is 2.54 bits per heavy atom. The highest BCUT2D eigenvalue weighted by Gasteiger charge is 2.23. The topological polar surface area (TPSA) is 80.0 Å². The maximum absolute atomic E-state index is 12.1. The number of urea groups is 1. The summed E-state index contributed by atoms with van der Waals surface area (Å²) in [4.78, 5) is 16.1. The molecule has 1 aromatic heterocycles. The van der Waals surface area contributed by atoms with Gasteiger partial charge in [-0.15, -0.1) is 0 Å². The molecule has 1 aliphatic carbocycles. The summed E-state index contributed by atoms with van der Waals surface area (Å²) < 4.78 is 0. The number of hydrogen-bond donors (Lipinski definition) is 3. The SMILES string of the molecule is Nc1ncccc1CNC(=O)NC1CCC(c2ccccc2)CC1. The number of carbonyl (C=O) groups excluding carboxylic acids is 1. The minimum atomic E-state index is -0.138. The van der Waals surface area contributed by atoms with Crippen LogP contribution < -0.4 is 16.4 Å². The lowest BCUT2D eigenvalue weighted by Gasteiger charge is -2.29. The van der Waals surface area contributed by atoms with E-state index in [4.69, 9.17) is 5.73 Å². The molecule has 0 atom stereocenters. The number of nitrogen functional groups attached to an aromatic ring is 1. The van der Waals surface area contributed by atoms with Gasteiger partial charge in [-0.2, -0.15) is 0 Å². The van der Waals surface area contributed by atoms with E-state index in [9.17, 15) is 4.79 Å². The second-order valence-electron chi connectivity index (χ2n) is 6.33. The van der Waals surface area contributed by atoms with Gasteiger partial charge in [-0.25, -0.2) is 9.78 Å². The van der Waals surface area contributed by atoms with Gasteiger partial charge in [-0.05, 0) is 43.2 Å². The van der Waals surface area contributed by atoms with Crippen molar-refractivity contribution in [2.75, 3.05) is 5.73 Å². The van der Waals surface area contributed by atoms with E-state index in [-0.39, 0.29) is 12.1 Å². The highest BCUT2D eigenvalue weighted by molar-refractivity contribution is 5.74. The van der Waals surface area contributed by atoms with Gasteiger partial charge in [0.15, 0.2) is 0 Å². The zero-order chi connectivity index (χ0) is 16.8. The van der Waals surface area contributed by atoms with Crippen LogP contribution in [-0.2, 0) is 6.54 Å². The molecule has 1 fully saturated rings. The van der Waals surface area contributed by atoms with Crippen molar-refractivity contribution in [2.24, 2.45) is 0 Å². The Morgan fingerprint density at radius 2 is 1.83 bits per heavy atom. The standard InChI is InChI=1S/C19H24N4O/c20-18-16(7-4-12-21-18)13-22-19(24)23-17-10-8-15(9-11-17)14-5-2-1-3-6-14/h1-7,12,15,17H,8-11,13H2,(H2,20,21)(H2,22,23,24). The van der Waals surface area contributed by atoms with Crippen LogP contribution in [0.1, 0.15) is 42.7 Å². The Hall–Kier alpha value is -2.56. The van der Waals surface area contributed by atoms with Crippen LogP contribution in [0.25, 0.3) is 0 Å². The van der Waals surface area contributed by atoms with Gasteiger partial charge in [0.1, 0.15) is 5.82 Å². The predicted octanol–water partition coefficient (Wildman–Crippen LogP) is 3.19. The second-order valence-corrected chi connectivity index (χ2v) is 6.33. The Labute approximate surface area is 142 Å². The van der Waals surface area contributed by atoms with Crippen molar-refractivity contribution >= 4 is 11.8 Å². The summed E-state index contributed by atoms with van der Waals surface area (Å²) in [7, 11) is 0. The zero-order valence-electron chi connectivity index (χ0n) is 13.7. The van der Waals surface area contributed by atoms with Crippen LogP contribution in [0.2, 0.25) is 0 Å². The van der Waals surface area contributed by atoms with Gasteiger partial charge in [0.2, 0.25) is 0 Å². The minimum Gasteiger partial charge on any atom is -0.383 e. The van der Waals surface area contributed by atoms with Gasteiger partial charge in [0, 0.05) is 24.3 Å². The van der Waals surface area contributed by atoms with Gasteiger partial charge < -0.3 is 16.4 Å². The fourth-order valence-electron chi connectivity index (χ4n) is 3.31. The van der Waals surface area contributed by atoms with Gasteiger partial charge in [0.25, 0.3) is 0 Å². The number of carbonyl (C=O) groups is 1. The summed E-state index contributed by atoms with van der Waals surface area (Å²) in [6.07, 6.45) is 5.91. The maximum Gasteiger partial charge on any atom is 0.315 e. The van der Waals surface area contributed by atoms with Crippen molar-refractivity contribution in [2.45, 2.75) is 44.2 Å². The van der Waals surface area contributed by atoms with Crippen molar-refractivity contribution in [3.05, 3.63) is 59.8 Å². The molecule has 0 radical (unpaired) electrons. The lowest BCUT2D eigenvalue weighted by atomic mass is 9.82. The lowest BCUT2D eigenvalue weighted by molar-refractivity contribution is 0.231. The van der Waals surface area contributed by atoms with Crippen molar-refractivity contribution < 1.29 is 4.79 Å². The third kappa shape index (κ3) is 4.25. The number of amides is 2. The summed E-state index contributed by atoms with van der Waals surface area (Å²) in [6, 6.07) is 14.4. The summed E-state index contributed by atoms with van der Waals surface area (Å²) in [6.45, 7) is 0.394. The fraction of sp³-hybridized carbons (Fsp3) is 0.368. The molecule has 2 amide bonds. The summed E-state index contributed by atoms with van der Waals surface area (Å²) >= 11 is 0. The number of benzene rings is 1. The highest BCUT2D eigenvalue weighted by Crippen LogP contribution is 2.32. The smallest absolute Gasteiger partial charge is 0.315 e. The monoisotopic (exact) mass is 324 g/mol. The maximum atomic E-state index is 12.1. The molecule has 5 heteroatoms. The van der Waals surface area contributed by atoms with Crippen LogP contribution in [0.4, 0.5) is 10.6 Å². The average Bonchev–Trinajstić information content (AvgIpc) is 2.62. The Kier molecular flexibility index (Phi) is 5.31. The summed E-state index contributed by atoms with van der Waals surface area (Å²) in [5, 5.41) is 5.93. The molecular formula is C19H24N4O. The van der Waals surface area contributed by atoms with E-state index in [2.05, 4.69) is 45.9 Å². The molecule has 0 spiro atoms. The molecule has 126 valence electrons. The second kappa shape index (κ2) is 7.81. The molecule has 24 heavy (non-hydrogen) atoms. The van der Waals surface area contributed by atoms with Crippen molar-refractivity contribution in [1.82, 2.24) is 15.6 Å². The van der Waals surface area contributed by atoms with E-state index in [1.807, 2.05) is 12.1 Å². The first-order chi connectivity index (χ1) is 11.7. The first-order valence-electron chi connectivity index (χ1n) is 8.51. The van der Waals surface area contributed by atoms with E-state index in [1.54, 1.807) is 6.20 Å². The van der Waals surface area contributed by atoms with Crippen LogP contribution in [0.5, 0.6) is 0 Å². The van der Waals surface area contributed by atoms with E-state index in [0.29, 0.717) is 18.3 Å². The molecule has 1 heterocycles. The molecule has 3 rings (SSSR count). The molecule has 0 aliphatic heterocycles. The predicted molar refractivity (Wildman–Crippen MR) is 95.5 cm³/mol. The molecular weight excluding hydrogens is 300 g/mol. The van der Waals surface area contributed by atoms with Crippen LogP contribution in [0, 0.1) is 0 Å². The molecule has 0 bridgehead atoms. The first-order valence-corrected chi connectivity index (χ1v) is 8.51.